The average molecular weight is 396 g/mol. The number of carbonyl (C=O) groups is 2. The van der Waals surface area contributed by atoms with E-state index in [9.17, 15) is 9.59 Å². The van der Waals surface area contributed by atoms with Crippen LogP contribution >= 0.6 is 0 Å². The lowest BCUT2D eigenvalue weighted by Gasteiger charge is -2.13. The summed E-state index contributed by atoms with van der Waals surface area (Å²) >= 11 is 0. The van der Waals surface area contributed by atoms with Gasteiger partial charge in [0.15, 0.2) is 11.5 Å². The van der Waals surface area contributed by atoms with Crippen molar-refractivity contribution in [3.63, 3.8) is 0 Å². The van der Waals surface area contributed by atoms with Crippen molar-refractivity contribution in [2.24, 2.45) is 5.92 Å². The molecule has 6 nitrogen and oxygen atoms in total. The molecule has 0 atom stereocenters. The third kappa shape index (κ3) is 5.98. The number of carbonyl (C=O) groups excluding carboxylic acids is 2. The Hall–Kier alpha value is -3.02. The van der Waals surface area contributed by atoms with E-state index in [0.717, 1.165) is 29.9 Å². The fraction of sp³-hybridized carbons (Fsp3) is 0.391. The minimum absolute atomic E-state index is 0.0307. The van der Waals surface area contributed by atoms with Crippen LogP contribution in [0.1, 0.15) is 42.6 Å². The van der Waals surface area contributed by atoms with Crippen LogP contribution in [-0.2, 0) is 11.2 Å². The van der Waals surface area contributed by atoms with Crippen LogP contribution in [0.3, 0.4) is 0 Å². The Balaban J connectivity index is 1.54. The monoisotopic (exact) mass is 396 g/mol. The summed E-state index contributed by atoms with van der Waals surface area (Å²) in [6.07, 6.45) is 2.57. The molecule has 2 aromatic carbocycles. The van der Waals surface area contributed by atoms with Gasteiger partial charge in [-0.2, -0.15) is 0 Å². The highest BCUT2D eigenvalue weighted by Gasteiger charge is 2.29. The lowest BCUT2D eigenvalue weighted by Crippen LogP contribution is -2.26. The van der Waals surface area contributed by atoms with Crippen molar-refractivity contribution in [3.8, 4) is 11.5 Å². The van der Waals surface area contributed by atoms with Gasteiger partial charge in [-0.05, 0) is 69.0 Å². The second kappa shape index (κ2) is 9.96. The van der Waals surface area contributed by atoms with E-state index in [0.29, 0.717) is 37.4 Å². The predicted octanol–water partition coefficient (Wildman–Crippen LogP) is 3.81. The van der Waals surface area contributed by atoms with E-state index in [1.54, 1.807) is 24.3 Å². The fourth-order valence-electron chi connectivity index (χ4n) is 3.00. The smallest absolute Gasteiger partial charge is 0.251 e. The molecule has 0 aromatic heterocycles. The Bertz CT molecular complexity index is 862. The summed E-state index contributed by atoms with van der Waals surface area (Å²) in [7, 11) is 0. The van der Waals surface area contributed by atoms with Gasteiger partial charge in [0.25, 0.3) is 5.91 Å². The standard InChI is InChI=1S/C23H28N2O4/c1-3-28-20-11-8-16(14-21(20)29-4-2)12-13-24-22(26)18-6-5-7-19(15-18)25-23(27)17-9-10-17/h5-8,11,14-15,17H,3-4,9-10,12-13H2,1-2H3,(H,24,26)(H,25,27). The molecule has 29 heavy (non-hydrogen) atoms. The Kier molecular flexibility index (Phi) is 7.11. The molecule has 0 heterocycles. The summed E-state index contributed by atoms with van der Waals surface area (Å²) in [4.78, 5) is 24.4. The maximum absolute atomic E-state index is 12.5. The Morgan fingerprint density at radius 3 is 2.48 bits per heavy atom. The number of anilines is 1. The van der Waals surface area contributed by atoms with E-state index in [1.165, 1.54) is 0 Å². The zero-order valence-corrected chi connectivity index (χ0v) is 17.0. The SMILES string of the molecule is CCOc1ccc(CCNC(=O)c2cccc(NC(=O)C3CC3)c2)cc1OCC. The third-order valence-corrected chi connectivity index (χ3v) is 4.65. The van der Waals surface area contributed by atoms with Crippen LogP contribution in [0.15, 0.2) is 42.5 Å². The summed E-state index contributed by atoms with van der Waals surface area (Å²) in [5, 5.41) is 5.80. The minimum atomic E-state index is -0.163. The largest absolute Gasteiger partial charge is 0.490 e. The van der Waals surface area contributed by atoms with Crippen molar-refractivity contribution in [1.82, 2.24) is 5.32 Å². The van der Waals surface area contributed by atoms with Crippen LogP contribution in [0, 0.1) is 5.92 Å². The average Bonchev–Trinajstić information content (AvgIpc) is 3.56. The first-order valence-corrected chi connectivity index (χ1v) is 10.2. The molecule has 1 aliphatic carbocycles. The molecular formula is C23H28N2O4. The van der Waals surface area contributed by atoms with Crippen molar-refractivity contribution in [2.75, 3.05) is 25.1 Å². The highest BCUT2D eigenvalue weighted by atomic mass is 16.5. The molecule has 3 rings (SSSR count). The molecule has 0 spiro atoms. The van der Waals surface area contributed by atoms with Gasteiger partial charge in [0, 0.05) is 23.7 Å². The number of benzene rings is 2. The molecule has 2 aromatic rings. The minimum Gasteiger partial charge on any atom is -0.490 e. The molecular weight excluding hydrogens is 368 g/mol. The number of hydrogen-bond donors (Lipinski definition) is 2. The zero-order chi connectivity index (χ0) is 20.6. The maximum Gasteiger partial charge on any atom is 0.251 e. The quantitative estimate of drug-likeness (QED) is 0.640. The highest BCUT2D eigenvalue weighted by molar-refractivity contribution is 5.98. The fourth-order valence-corrected chi connectivity index (χ4v) is 3.00. The molecule has 0 radical (unpaired) electrons. The van der Waals surface area contributed by atoms with E-state index in [2.05, 4.69) is 10.6 Å². The number of ether oxygens (including phenoxy) is 2. The van der Waals surface area contributed by atoms with Crippen molar-refractivity contribution in [2.45, 2.75) is 33.1 Å². The second-order valence-electron chi connectivity index (χ2n) is 7.00. The van der Waals surface area contributed by atoms with Crippen molar-refractivity contribution < 1.29 is 19.1 Å². The molecule has 1 aliphatic rings. The molecule has 0 saturated heterocycles. The zero-order valence-electron chi connectivity index (χ0n) is 17.0. The van der Waals surface area contributed by atoms with E-state index in [1.807, 2.05) is 32.0 Å². The van der Waals surface area contributed by atoms with Crippen molar-refractivity contribution in [3.05, 3.63) is 53.6 Å². The Morgan fingerprint density at radius 1 is 1.00 bits per heavy atom. The summed E-state index contributed by atoms with van der Waals surface area (Å²) in [5.74, 6) is 1.44. The summed E-state index contributed by atoms with van der Waals surface area (Å²) in [5.41, 5.74) is 2.24. The van der Waals surface area contributed by atoms with Crippen molar-refractivity contribution in [1.29, 1.82) is 0 Å². The number of hydrogen-bond acceptors (Lipinski definition) is 4. The molecule has 0 aliphatic heterocycles. The van der Waals surface area contributed by atoms with Gasteiger partial charge < -0.3 is 20.1 Å². The van der Waals surface area contributed by atoms with Crippen LogP contribution in [0.4, 0.5) is 5.69 Å². The maximum atomic E-state index is 12.5. The van der Waals surface area contributed by atoms with Crippen LogP contribution in [0.25, 0.3) is 0 Å². The Labute approximate surface area is 171 Å². The molecule has 6 heteroatoms. The number of amides is 2. The lowest BCUT2D eigenvalue weighted by molar-refractivity contribution is -0.117. The number of rotatable bonds is 10. The van der Waals surface area contributed by atoms with Crippen LogP contribution < -0.4 is 20.1 Å². The van der Waals surface area contributed by atoms with Gasteiger partial charge in [-0.3, -0.25) is 9.59 Å². The van der Waals surface area contributed by atoms with Crippen LogP contribution in [-0.4, -0.2) is 31.6 Å². The van der Waals surface area contributed by atoms with Gasteiger partial charge in [-0.25, -0.2) is 0 Å². The molecule has 1 fully saturated rings. The predicted molar refractivity (Wildman–Crippen MR) is 113 cm³/mol. The van der Waals surface area contributed by atoms with Gasteiger partial charge in [-0.15, -0.1) is 0 Å². The molecule has 0 unspecified atom stereocenters. The van der Waals surface area contributed by atoms with Gasteiger partial charge in [0.2, 0.25) is 5.91 Å². The second-order valence-corrected chi connectivity index (χ2v) is 7.00. The Morgan fingerprint density at radius 2 is 1.76 bits per heavy atom. The number of nitrogens with one attached hydrogen (secondary N) is 2. The van der Waals surface area contributed by atoms with E-state index in [4.69, 9.17) is 9.47 Å². The van der Waals surface area contributed by atoms with Gasteiger partial charge >= 0.3 is 0 Å². The van der Waals surface area contributed by atoms with E-state index in [-0.39, 0.29) is 17.7 Å². The third-order valence-electron chi connectivity index (χ3n) is 4.65. The molecule has 154 valence electrons. The normalized spacial score (nSPS) is 12.9. The van der Waals surface area contributed by atoms with Crippen LogP contribution in [0.5, 0.6) is 11.5 Å². The molecule has 2 N–H and O–H groups in total. The molecule has 0 bridgehead atoms. The van der Waals surface area contributed by atoms with Gasteiger partial charge in [0.1, 0.15) is 0 Å². The summed E-state index contributed by atoms with van der Waals surface area (Å²) < 4.78 is 11.2. The van der Waals surface area contributed by atoms with Gasteiger partial charge in [0.05, 0.1) is 13.2 Å². The lowest BCUT2D eigenvalue weighted by atomic mass is 10.1. The van der Waals surface area contributed by atoms with Gasteiger partial charge in [-0.1, -0.05) is 12.1 Å². The van der Waals surface area contributed by atoms with E-state index < -0.39 is 0 Å². The molecule has 1 saturated carbocycles. The summed E-state index contributed by atoms with van der Waals surface area (Å²) in [6.45, 7) is 5.51. The summed E-state index contributed by atoms with van der Waals surface area (Å²) in [6, 6.07) is 12.9. The topological polar surface area (TPSA) is 76.7 Å². The van der Waals surface area contributed by atoms with Crippen molar-refractivity contribution >= 4 is 17.5 Å². The van der Waals surface area contributed by atoms with Crippen LogP contribution in [0.2, 0.25) is 0 Å². The van der Waals surface area contributed by atoms with E-state index >= 15 is 0 Å². The highest BCUT2D eigenvalue weighted by Crippen LogP contribution is 2.30. The first-order valence-electron chi connectivity index (χ1n) is 10.2. The first kappa shape index (κ1) is 20.7. The molecule has 2 amide bonds. The first-order chi connectivity index (χ1) is 14.1.